The fraction of sp³-hybridized carbons (Fsp3) is 0.200. The number of alkyl halides is 2. The molecular weight excluding hydrogens is 204 g/mol. The molecule has 1 rings (SSSR count). The topological polar surface area (TPSA) is 26.0 Å². The predicted octanol–water partition coefficient (Wildman–Crippen LogP) is 2.31. The van der Waals surface area contributed by atoms with E-state index in [9.17, 15) is 8.78 Å². The zero-order valence-corrected chi connectivity index (χ0v) is 8.15. The third-order valence-corrected chi connectivity index (χ3v) is 2.14. The molecule has 0 aliphatic heterocycles. The van der Waals surface area contributed by atoms with Crippen molar-refractivity contribution in [1.82, 2.24) is 0 Å². The lowest BCUT2D eigenvalue weighted by molar-refractivity contribution is 0.252. The van der Waals surface area contributed by atoms with Gasteiger partial charge >= 0.3 is 0 Å². The number of benzene rings is 1. The molecule has 0 saturated carbocycles. The Hall–Kier alpha value is -1.05. The summed E-state index contributed by atoms with van der Waals surface area (Å²) < 4.78 is 23.9. The van der Waals surface area contributed by atoms with Gasteiger partial charge in [0.15, 0.2) is 0 Å². The summed E-state index contributed by atoms with van der Waals surface area (Å²) >= 11 is 0.525. The van der Waals surface area contributed by atoms with E-state index in [2.05, 4.69) is 11.8 Å². The minimum atomic E-state index is -2.38. The van der Waals surface area contributed by atoms with E-state index in [1.165, 1.54) is 0 Å². The standard InChI is InChI=1S/C10H9F2NS/c11-10(12)14-9-5-3-8(4-6-9)2-1-7-13/h3-6,10H,7,13H2. The Morgan fingerprint density at radius 3 is 2.43 bits per heavy atom. The van der Waals surface area contributed by atoms with Crippen LogP contribution in [0, 0.1) is 11.8 Å². The lowest BCUT2D eigenvalue weighted by atomic mass is 10.2. The van der Waals surface area contributed by atoms with Crippen LogP contribution in [0.5, 0.6) is 0 Å². The van der Waals surface area contributed by atoms with Gasteiger partial charge in [0.05, 0.1) is 6.54 Å². The van der Waals surface area contributed by atoms with E-state index in [1.54, 1.807) is 24.3 Å². The maximum atomic E-state index is 11.9. The predicted molar refractivity (Wildman–Crippen MR) is 54.2 cm³/mol. The molecule has 0 heterocycles. The van der Waals surface area contributed by atoms with E-state index in [0.717, 1.165) is 5.56 Å². The van der Waals surface area contributed by atoms with Crippen LogP contribution in [-0.2, 0) is 0 Å². The summed E-state index contributed by atoms with van der Waals surface area (Å²) in [6.45, 7) is 0.299. The molecule has 0 bridgehead atoms. The molecule has 0 amide bonds. The first-order valence-corrected chi connectivity index (χ1v) is 4.84. The first-order valence-electron chi connectivity index (χ1n) is 3.96. The van der Waals surface area contributed by atoms with Gasteiger partial charge in [-0.05, 0) is 24.3 Å². The monoisotopic (exact) mass is 213 g/mol. The molecule has 0 atom stereocenters. The summed E-state index contributed by atoms with van der Waals surface area (Å²) in [7, 11) is 0. The van der Waals surface area contributed by atoms with Crippen LogP contribution >= 0.6 is 11.8 Å². The van der Waals surface area contributed by atoms with Gasteiger partial charge in [0, 0.05) is 10.5 Å². The van der Waals surface area contributed by atoms with Crippen LogP contribution in [-0.4, -0.2) is 12.3 Å². The lowest BCUT2D eigenvalue weighted by Gasteiger charge is -1.98. The highest BCUT2D eigenvalue weighted by Crippen LogP contribution is 2.24. The molecule has 0 aliphatic rings. The van der Waals surface area contributed by atoms with Crippen molar-refractivity contribution in [2.45, 2.75) is 10.7 Å². The second kappa shape index (κ2) is 5.63. The third kappa shape index (κ3) is 3.77. The van der Waals surface area contributed by atoms with E-state index in [4.69, 9.17) is 5.73 Å². The number of halogens is 2. The van der Waals surface area contributed by atoms with Crippen LogP contribution in [0.4, 0.5) is 8.78 Å². The summed E-state index contributed by atoms with van der Waals surface area (Å²) in [6.07, 6.45) is 0. The van der Waals surface area contributed by atoms with Gasteiger partial charge < -0.3 is 5.73 Å². The van der Waals surface area contributed by atoms with Crippen molar-refractivity contribution >= 4 is 11.8 Å². The highest BCUT2D eigenvalue weighted by molar-refractivity contribution is 7.99. The van der Waals surface area contributed by atoms with Crippen LogP contribution in [0.3, 0.4) is 0 Å². The van der Waals surface area contributed by atoms with Gasteiger partial charge in [-0.2, -0.15) is 8.78 Å². The van der Waals surface area contributed by atoms with Gasteiger partial charge in [-0.1, -0.05) is 23.6 Å². The molecule has 0 radical (unpaired) electrons. The molecule has 4 heteroatoms. The normalized spacial score (nSPS) is 9.71. The number of thioether (sulfide) groups is 1. The van der Waals surface area contributed by atoms with Gasteiger partial charge in [-0.15, -0.1) is 0 Å². The van der Waals surface area contributed by atoms with E-state index in [-0.39, 0.29) is 0 Å². The maximum Gasteiger partial charge on any atom is 0.288 e. The van der Waals surface area contributed by atoms with Gasteiger partial charge in [0.25, 0.3) is 5.76 Å². The highest BCUT2D eigenvalue weighted by atomic mass is 32.2. The largest absolute Gasteiger partial charge is 0.320 e. The van der Waals surface area contributed by atoms with Crippen molar-refractivity contribution in [2.24, 2.45) is 5.73 Å². The Morgan fingerprint density at radius 2 is 1.93 bits per heavy atom. The summed E-state index contributed by atoms with van der Waals surface area (Å²) in [4.78, 5) is 0.540. The van der Waals surface area contributed by atoms with Crippen molar-refractivity contribution < 1.29 is 8.78 Å². The fourth-order valence-corrected chi connectivity index (χ4v) is 1.37. The number of hydrogen-bond donors (Lipinski definition) is 1. The van der Waals surface area contributed by atoms with E-state index >= 15 is 0 Å². The van der Waals surface area contributed by atoms with Gasteiger partial charge in [0.2, 0.25) is 0 Å². The summed E-state index contributed by atoms with van der Waals surface area (Å²) in [5.41, 5.74) is 5.98. The molecule has 0 saturated heterocycles. The number of hydrogen-bond acceptors (Lipinski definition) is 2. The molecule has 1 aromatic rings. The van der Waals surface area contributed by atoms with Crippen molar-refractivity contribution in [3.8, 4) is 11.8 Å². The zero-order chi connectivity index (χ0) is 10.4. The summed E-state index contributed by atoms with van der Waals surface area (Å²) in [5, 5.41) is 0. The molecule has 0 aromatic heterocycles. The second-order valence-corrected chi connectivity index (χ2v) is 3.47. The first kappa shape index (κ1) is 11.0. The number of rotatable bonds is 2. The lowest BCUT2D eigenvalue weighted by Crippen LogP contribution is -1.92. The van der Waals surface area contributed by atoms with E-state index < -0.39 is 5.76 Å². The molecule has 0 aliphatic carbocycles. The summed E-state index contributed by atoms with van der Waals surface area (Å²) in [6, 6.07) is 6.65. The smallest absolute Gasteiger partial charge is 0.288 e. The number of nitrogens with two attached hydrogens (primary N) is 1. The van der Waals surface area contributed by atoms with Gasteiger partial charge in [0.1, 0.15) is 0 Å². The quantitative estimate of drug-likeness (QED) is 0.602. The van der Waals surface area contributed by atoms with Crippen LogP contribution in [0.15, 0.2) is 29.2 Å². The molecular formula is C10H9F2NS. The SMILES string of the molecule is NCC#Cc1ccc(SC(F)F)cc1. The molecule has 14 heavy (non-hydrogen) atoms. The van der Waals surface area contributed by atoms with Gasteiger partial charge in [-0.3, -0.25) is 0 Å². The average Bonchev–Trinajstić information content (AvgIpc) is 2.16. The molecule has 74 valence electrons. The molecule has 2 N–H and O–H groups in total. The minimum Gasteiger partial charge on any atom is -0.320 e. The Kier molecular flexibility index (Phi) is 4.44. The third-order valence-electron chi connectivity index (χ3n) is 1.41. The highest BCUT2D eigenvalue weighted by Gasteiger charge is 2.03. The Balaban J connectivity index is 2.68. The van der Waals surface area contributed by atoms with Crippen molar-refractivity contribution in [3.63, 3.8) is 0 Å². The molecule has 0 fully saturated rings. The first-order chi connectivity index (χ1) is 6.72. The zero-order valence-electron chi connectivity index (χ0n) is 7.34. The molecule has 1 nitrogen and oxygen atoms in total. The fourth-order valence-electron chi connectivity index (χ4n) is 0.873. The van der Waals surface area contributed by atoms with Crippen molar-refractivity contribution in [2.75, 3.05) is 6.54 Å². The van der Waals surface area contributed by atoms with Crippen molar-refractivity contribution in [1.29, 1.82) is 0 Å². The van der Waals surface area contributed by atoms with Crippen LogP contribution in [0.1, 0.15) is 5.56 Å². The maximum absolute atomic E-state index is 11.9. The average molecular weight is 213 g/mol. The minimum absolute atomic E-state index is 0.299. The van der Waals surface area contributed by atoms with Crippen LogP contribution in [0.25, 0.3) is 0 Å². The van der Waals surface area contributed by atoms with E-state index in [1.807, 2.05) is 0 Å². The van der Waals surface area contributed by atoms with E-state index in [0.29, 0.717) is 23.2 Å². The van der Waals surface area contributed by atoms with Crippen LogP contribution < -0.4 is 5.73 Å². The van der Waals surface area contributed by atoms with Crippen LogP contribution in [0.2, 0.25) is 0 Å². The summed E-state index contributed by atoms with van der Waals surface area (Å²) in [5.74, 6) is 3.12. The Morgan fingerprint density at radius 1 is 1.29 bits per heavy atom. The van der Waals surface area contributed by atoms with Crippen molar-refractivity contribution in [3.05, 3.63) is 29.8 Å². The van der Waals surface area contributed by atoms with Gasteiger partial charge in [-0.25, -0.2) is 0 Å². The Bertz CT molecular complexity index is 337. The molecule has 0 unspecified atom stereocenters. The Labute approximate surface area is 85.7 Å². The molecule has 1 aromatic carbocycles. The molecule has 0 spiro atoms. The second-order valence-electron chi connectivity index (χ2n) is 2.41.